The van der Waals surface area contributed by atoms with Gasteiger partial charge in [0.15, 0.2) is 5.76 Å². The largest absolute Gasteiger partial charge is 0.459 e. The lowest BCUT2D eigenvalue weighted by Gasteiger charge is -2.35. The van der Waals surface area contributed by atoms with Crippen molar-refractivity contribution in [2.24, 2.45) is 0 Å². The maximum Gasteiger partial charge on any atom is 0.290 e. The summed E-state index contributed by atoms with van der Waals surface area (Å²) in [5, 5.41) is 2.98. The molecule has 3 aromatic rings. The van der Waals surface area contributed by atoms with E-state index in [0.29, 0.717) is 13.0 Å². The van der Waals surface area contributed by atoms with Crippen LogP contribution in [0.2, 0.25) is 0 Å². The molecule has 0 saturated carbocycles. The molecule has 0 spiro atoms. The summed E-state index contributed by atoms with van der Waals surface area (Å²) < 4.78 is 5.29. The fourth-order valence-electron chi connectivity index (χ4n) is 3.56. The van der Waals surface area contributed by atoms with Crippen molar-refractivity contribution in [2.45, 2.75) is 32.9 Å². The van der Waals surface area contributed by atoms with Gasteiger partial charge < -0.3 is 14.6 Å². The van der Waals surface area contributed by atoms with E-state index in [4.69, 9.17) is 4.42 Å². The van der Waals surface area contributed by atoms with Gasteiger partial charge in [-0.2, -0.15) is 0 Å². The van der Waals surface area contributed by atoms with E-state index in [1.165, 1.54) is 11.8 Å². The van der Waals surface area contributed by atoms with E-state index in [9.17, 15) is 9.59 Å². The van der Waals surface area contributed by atoms with Crippen LogP contribution < -0.4 is 5.32 Å². The van der Waals surface area contributed by atoms with E-state index < -0.39 is 6.04 Å². The summed E-state index contributed by atoms with van der Waals surface area (Å²) >= 11 is 0. The van der Waals surface area contributed by atoms with Crippen molar-refractivity contribution < 1.29 is 14.0 Å². The first kappa shape index (κ1) is 18.0. The Morgan fingerprint density at radius 3 is 2.50 bits per heavy atom. The molecule has 5 heteroatoms. The Balaban J connectivity index is 1.64. The zero-order valence-electron chi connectivity index (χ0n) is 15.9. The third-order valence-corrected chi connectivity index (χ3v) is 5.32. The summed E-state index contributed by atoms with van der Waals surface area (Å²) in [6.45, 7) is 4.41. The number of benzene rings is 2. The van der Waals surface area contributed by atoms with E-state index in [1.807, 2.05) is 56.3 Å². The van der Waals surface area contributed by atoms with Crippen LogP contribution in [0.5, 0.6) is 0 Å². The molecule has 0 radical (unpaired) electrons. The molecule has 1 unspecified atom stereocenters. The molecule has 1 aliphatic rings. The fourth-order valence-corrected chi connectivity index (χ4v) is 3.56. The first-order valence-corrected chi connectivity index (χ1v) is 9.32. The number of furan rings is 1. The second-order valence-electron chi connectivity index (χ2n) is 7.19. The molecule has 1 aliphatic heterocycles. The molecule has 2 amide bonds. The van der Waals surface area contributed by atoms with Crippen LogP contribution >= 0.6 is 0 Å². The maximum absolute atomic E-state index is 13.1. The summed E-state index contributed by atoms with van der Waals surface area (Å²) in [6, 6.07) is 16.4. The monoisotopic (exact) mass is 374 g/mol. The molecule has 142 valence electrons. The zero-order valence-corrected chi connectivity index (χ0v) is 15.9. The Morgan fingerprint density at radius 1 is 1.00 bits per heavy atom. The summed E-state index contributed by atoms with van der Waals surface area (Å²) in [6.07, 6.45) is 1.94. The average molecular weight is 374 g/mol. The number of nitrogens with one attached hydrogen (secondary N) is 1. The molecule has 1 N–H and O–H groups in total. The number of fused-ring (bicyclic) bond motifs is 1. The van der Waals surface area contributed by atoms with Gasteiger partial charge in [0.05, 0.1) is 6.26 Å². The van der Waals surface area contributed by atoms with Crippen molar-refractivity contribution in [3.63, 3.8) is 0 Å². The number of aryl methyl sites for hydroxylation is 2. The van der Waals surface area contributed by atoms with Gasteiger partial charge in [-0.05, 0) is 60.4 Å². The third kappa shape index (κ3) is 3.43. The van der Waals surface area contributed by atoms with Gasteiger partial charge in [0.2, 0.25) is 5.91 Å². The van der Waals surface area contributed by atoms with E-state index in [0.717, 1.165) is 22.4 Å². The number of carbonyl (C=O) groups excluding carboxylic acids is 2. The SMILES string of the molecule is Cc1ccc(NC(=O)C2Cc3ccccc3CN2C(=O)c2ccco2)cc1C. The van der Waals surface area contributed by atoms with E-state index in [1.54, 1.807) is 17.0 Å². The van der Waals surface area contributed by atoms with Gasteiger partial charge in [-0.25, -0.2) is 0 Å². The minimum atomic E-state index is -0.603. The second kappa shape index (κ2) is 7.35. The zero-order chi connectivity index (χ0) is 19.7. The summed E-state index contributed by atoms with van der Waals surface area (Å²) in [7, 11) is 0. The van der Waals surface area contributed by atoms with Gasteiger partial charge in [-0.15, -0.1) is 0 Å². The molecule has 1 atom stereocenters. The van der Waals surface area contributed by atoms with E-state index in [2.05, 4.69) is 5.32 Å². The van der Waals surface area contributed by atoms with Gasteiger partial charge in [-0.1, -0.05) is 30.3 Å². The topological polar surface area (TPSA) is 62.6 Å². The highest BCUT2D eigenvalue weighted by Gasteiger charge is 2.36. The van der Waals surface area contributed by atoms with Crippen LogP contribution in [0.1, 0.15) is 32.8 Å². The Bertz CT molecular complexity index is 1020. The molecule has 1 aromatic heterocycles. The normalized spacial score (nSPS) is 15.8. The molecule has 0 aliphatic carbocycles. The number of anilines is 1. The van der Waals surface area contributed by atoms with Crippen LogP contribution in [0.25, 0.3) is 0 Å². The molecule has 0 fully saturated rings. The third-order valence-electron chi connectivity index (χ3n) is 5.32. The molecule has 0 bridgehead atoms. The van der Waals surface area contributed by atoms with Gasteiger partial charge in [0.1, 0.15) is 6.04 Å². The minimum Gasteiger partial charge on any atom is -0.459 e. The number of rotatable bonds is 3. The molecular weight excluding hydrogens is 352 g/mol. The van der Waals surface area contributed by atoms with Crippen LogP contribution in [0.4, 0.5) is 5.69 Å². The minimum absolute atomic E-state index is 0.197. The van der Waals surface area contributed by atoms with Crippen molar-refractivity contribution in [1.29, 1.82) is 0 Å². The first-order valence-electron chi connectivity index (χ1n) is 9.32. The molecule has 2 heterocycles. The Morgan fingerprint density at radius 2 is 1.79 bits per heavy atom. The van der Waals surface area contributed by atoms with Crippen molar-refractivity contribution in [1.82, 2.24) is 4.90 Å². The lowest BCUT2D eigenvalue weighted by molar-refractivity contribution is -0.121. The Labute approximate surface area is 164 Å². The Kier molecular flexibility index (Phi) is 4.74. The highest BCUT2D eigenvalue weighted by Crippen LogP contribution is 2.26. The standard InChI is InChI=1S/C23H22N2O3/c1-15-9-10-19(12-16(15)2)24-22(26)20-13-17-6-3-4-7-18(17)14-25(20)23(27)21-8-5-11-28-21/h3-12,20H,13-14H2,1-2H3,(H,24,26). The van der Waals surface area contributed by atoms with E-state index in [-0.39, 0.29) is 17.6 Å². The number of hydrogen-bond acceptors (Lipinski definition) is 3. The molecule has 2 aromatic carbocycles. The van der Waals surface area contributed by atoms with E-state index >= 15 is 0 Å². The number of amides is 2. The van der Waals surface area contributed by atoms with Crippen LogP contribution in [-0.4, -0.2) is 22.8 Å². The lowest BCUT2D eigenvalue weighted by atomic mass is 9.93. The molecule has 4 rings (SSSR count). The smallest absolute Gasteiger partial charge is 0.290 e. The number of nitrogens with zero attached hydrogens (tertiary/aromatic N) is 1. The molecule has 28 heavy (non-hydrogen) atoms. The van der Waals surface area contributed by atoms with Gasteiger partial charge in [0, 0.05) is 18.7 Å². The van der Waals surface area contributed by atoms with Crippen LogP contribution in [0.3, 0.4) is 0 Å². The molecule has 0 saturated heterocycles. The van der Waals surface area contributed by atoms with Crippen molar-refractivity contribution in [3.8, 4) is 0 Å². The first-order chi connectivity index (χ1) is 13.5. The van der Waals surface area contributed by atoms with Gasteiger partial charge in [0.25, 0.3) is 5.91 Å². The van der Waals surface area contributed by atoms with Gasteiger partial charge >= 0.3 is 0 Å². The lowest BCUT2D eigenvalue weighted by Crippen LogP contribution is -2.50. The number of hydrogen-bond donors (Lipinski definition) is 1. The predicted octanol–water partition coefficient (Wildman–Crippen LogP) is 4.10. The average Bonchev–Trinajstić information content (AvgIpc) is 3.24. The van der Waals surface area contributed by atoms with Crippen molar-refractivity contribution in [2.75, 3.05) is 5.32 Å². The summed E-state index contributed by atoms with van der Waals surface area (Å²) in [5.74, 6) is -0.235. The number of carbonyl (C=O) groups is 2. The summed E-state index contributed by atoms with van der Waals surface area (Å²) in [4.78, 5) is 27.7. The van der Waals surface area contributed by atoms with Crippen molar-refractivity contribution in [3.05, 3.63) is 88.9 Å². The van der Waals surface area contributed by atoms with Crippen LogP contribution in [0, 0.1) is 13.8 Å². The molecule has 5 nitrogen and oxygen atoms in total. The van der Waals surface area contributed by atoms with Crippen LogP contribution in [-0.2, 0) is 17.8 Å². The highest BCUT2D eigenvalue weighted by molar-refractivity contribution is 6.00. The quantitative estimate of drug-likeness (QED) is 0.751. The highest BCUT2D eigenvalue weighted by atomic mass is 16.3. The fraction of sp³-hybridized carbons (Fsp3) is 0.217. The Hall–Kier alpha value is -3.34. The van der Waals surface area contributed by atoms with Crippen molar-refractivity contribution >= 4 is 17.5 Å². The maximum atomic E-state index is 13.1. The molecular formula is C23H22N2O3. The van der Waals surface area contributed by atoms with Crippen LogP contribution in [0.15, 0.2) is 65.3 Å². The van der Waals surface area contributed by atoms with Gasteiger partial charge in [-0.3, -0.25) is 9.59 Å². The predicted molar refractivity (Wildman–Crippen MR) is 107 cm³/mol. The second-order valence-corrected chi connectivity index (χ2v) is 7.19. The summed E-state index contributed by atoms with van der Waals surface area (Å²) in [5.41, 5.74) is 5.15.